The molecule has 2 aromatic carbocycles. The largest absolute Gasteiger partial charge is 0.462 e. The number of esters is 1. The number of rotatable bonds is 7. The van der Waals surface area contributed by atoms with E-state index in [0.717, 1.165) is 10.4 Å². The maximum Gasteiger partial charge on any atom is 0.341 e. The molecule has 0 saturated carbocycles. The monoisotopic (exact) mass is 411 g/mol. The molecule has 1 amide bonds. The van der Waals surface area contributed by atoms with Gasteiger partial charge in [-0.2, -0.15) is 0 Å². The molecule has 1 atom stereocenters. The second-order valence-electron chi connectivity index (χ2n) is 6.60. The van der Waals surface area contributed by atoms with Crippen LogP contribution in [0.1, 0.15) is 46.1 Å². The lowest BCUT2D eigenvalue weighted by Crippen LogP contribution is -2.16. The molecule has 0 bridgehead atoms. The third kappa shape index (κ3) is 5.29. The lowest BCUT2D eigenvalue weighted by molar-refractivity contribution is -0.115. The Hall–Kier alpha value is -2.99. The standard InChI is InChI=1S/C23H22FNO3S/c1-3-28-23(27)19-14-20(15(2)17-7-5-4-6-8-17)29-22(19)25-21(26)13-16-9-11-18(24)12-10-16/h4-12,14-15H,3,13H2,1-2H3,(H,25,26)/t15-/m1/s1. The molecule has 3 aromatic rings. The van der Waals surface area contributed by atoms with Crippen molar-refractivity contribution in [1.82, 2.24) is 0 Å². The topological polar surface area (TPSA) is 55.4 Å². The van der Waals surface area contributed by atoms with Crippen LogP contribution in [0.15, 0.2) is 60.7 Å². The predicted molar refractivity (Wildman–Crippen MR) is 113 cm³/mol. The average Bonchev–Trinajstić information content (AvgIpc) is 3.13. The third-order valence-corrected chi connectivity index (χ3v) is 5.74. The van der Waals surface area contributed by atoms with Gasteiger partial charge in [-0.3, -0.25) is 4.79 Å². The minimum Gasteiger partial charge on any atom is -0.462 e. The fourth-order valence-corrected chi connectivity index (χ4v) is 4.08. The molecule has 0 aliphatic heterocycles. The van der Waals surface area contributed by atoms with Crippen molar-refractivity contribution in [3.8, 4) is 0 Å². The zero-order valence-electron chi connectivity index (χ0n) is 16.3. The highest BCUT2D eigenvalue weighted by Gasteiger charge is 2.22. The first-order chi connectivity index (χ1) is 14.0. The van der Waals surface area contributed by atoms with Crippen molar-refractivity contribution in [2.24, 2.45) is 0 Å². The minimum absolute atomic E-state index is 0.0668. The summed E-state index contributed by atoms with van der Waals surface area (Å²) in [5.74, 6) is -1.02. The number of carbonyl (C=O) groups excluding carboxylic acids is 2. The minimum atomic E-state index is -0.465. The molecule has 6 heteroatoms. The Bertz CT molecular complexity index is 983. The van der Waals surface area contributed by atoms with Gasteiger partial charge in [-0.05, 0) is 36.2 Å². The summed E-state index contributed by atoms with van der Waals surface area (Å²) < 4.78 is 18.2. The highest BCUT2D eigenvalue weighted by atomic mass is 32.1. The number of anilines is 1. The van der Waals surface area contributed by atoms with Gasteiger partial charge < -0.3 is 10.1 Å². The molecule has 0 radical (unpaired) electrons. The molecule has 1 heterocycles. The van der Waals surface area contributed by atoms with Gasteiger partial charge in [0.25, 0.3) is 0 Å². The maximum absolute atomic E-state index is 13.1. The molecule has 0 saturated heterocycles. The number of amides is 1. The van der Waals surface area contributed by atoms with Crippen molar-refractivity contribution in [3.63, 3.8) is 0 Å². The Morgan fingerprint density at radius 3 is 2.45 bits per heavy atom. The van der Waals surface area contributed by atoms with Gasteiger partial charge in [0.15, 0.2) is 0 Å². The van der Waals surface area contributed by atoms with E-state index in [1.807, 2.05) is 30.3 Å². The van der Waals surface area contributed by atoms with Crippen LogP contribution >= 0.6 is 11.3 Å². The molecule has 1 N–H and O–H groups in total. The third-order valence-electron chi connectivity index (χ3n) is 4.50. The summed E-state index contributed by atoms with van der Waals surface area (Å²) in [5, 5.41) is 3.29. The van der Waals surface area contributed by atoms with Gasteiger partial charge in [-0.25, -0.2) is 9.18 Å². The van der Waals surface area contributed by atoms with E-state index in [1.165, 1.54) is 23.5 Å². The molecule has 3 rings (SSSR count). The normalized spacial score (nSPS) is 11.7. The van der Waals surface area contributed by atoms with Gasteiger partial charge in [0.2, 0.25) is 5.91 Å². The fourth-order valence-electron chi connectivity index (χ4n) is 2.94. The zero-order chi connectivity index (χ0) is 20.8. The lowest BCUT2D eigenvalue weighted by atomic mass is 9.99. The van der Waals surface area contributed by atoms with Crippen molar-refractivity contribution in [2.45, 2.75) is 26.2 Å². The summed E-state index contributed by atoms with van der Waals surface area (Å²) >= 11 is 1.37. The van der Waals surface area contributed by atoms with Gasteiger partial charge in [0, 0.05) is 10.8 Å². The Labute approximate surface area is 173 Å². The summed E-state index contributed by atoms with van der Waals surface area (Å²) in [7, 11) is 0. The summed E-state index contributed by atoms with van der Waals surface area (Å²) in [5.41, 5.74) is 2.16. The molecule has 0 fully saturated rings. The predicted octanol–water partition coefficient (Wildman–Crippen LogP) is 5.40. The summed E-state index contributed by atoms with van der Waals surface area (Å²) in [4.78, 5) is 25.9. The smallest absolute Gasteiger partial charge is 0.341 e. The molecule has 4 nitrogen and oxygen atoms in total. The molecule has 1 aromatic heterocycles. The number of nitrogens with one attached hydrogen (secondary N) is 1. The Kier molecular flexibility index (Phi) is 6.77. The van der Waals surface area contributed by atoms with Gasteiger partial charge in [-0.1, -0.05) is 49.4 Å². The highest BCUT2D eigenvalue weighted by molar-refractivity contribution is 7.16. The summed E-state index contributed by atoms with van der Waals surface area (Å²) in [6.07, 6.45) is 0.0873. The molecule has 0 aliphatic rings. The van der Waals surface area contributed by atoms with Crippen LogP contribution in [0.2, 0.25) is 0 Å². The van der Waals surface area contributed by atoms with Crippen LogP contribution < -0.4 is 5.32 Å². The second kappa shape index (κ2) is 9.47. The van der Waals surface area contributed by atoms with E-state index in [9.17, 15) is 14.0 Å². The SMILES string of the molecule is CCOC(=O)c1cc([C@H](C)c2ccccc2)sc1NC(=O)Cc1ccc(F)cc1. The van der Waals surface area contributed by atoms with E-state index in [2.05, 4.69) is 12.2 Å². The van der Waals surface area contributed by atoms with E-state index in [0.29, 0.717) is 16.1 Å². The van der Waals surface area contributed by atoms with Gasteiger partial charge in [0.05, 0.1) is 18.6 Å². The molecular weight excluding hydrogens is 389 g/mol. The van der Waals surface area contributed by atoms with Crippen molar-refractivity contribution in [3.05, 3.63) is 88.0 Å². The van der Waals surface area contributed by atoms with Crippen molar-refractivity contribution in [1.29, 1.82) is 0 Å². The van der Waals surface area contributed by atoms with Crippen LogP contribution in [-0.4, -0.2) is 18.5 Å². The van der Waals surface area contributed by atoms with Crippen LogP contribution in [0, 0.1) is 5.82 Å². The van der Waals surface area contributed by atoms with E-state index in [4.69, 9.17) is 4.74 Å². The Morgan fingerprint density at radius 2 is 1.79 bits per heavy atom. The first-order valence-electron chi connectivity index (χ1n) is 9.38. The van der Waals surface area contributed by atoms with Crippen LogP contribution in [-0.2, 0) is 16.0 Å². The Morgan fingerprint density at radius 1 is 1.10 bits per heavy atom. The van der Waals surface area contributed by atoms with E-state index in [-0.39, 0.29) is 30.7 Å². The van der Waals surface area contributed by atoms with E-state index >= 15 is 0 Å². The number of halogens is 1. The number of hydrogen-bond acceptors (Lipinski definition) is 4. The zero-order valence-corrected chi connectivity index (χ0v) is 17.1. The van der Waals surface area contributed by atoms with Crippen molar-refractivity contribution >= 4 is 28.2 Å². The number of thiophene rings is 1. The molecular formula is C23H22FNO3S. The number of hydrogen-bond donors (Lipinski definition) is 1. The number of ether oxygens (including phenoxy) is 1. The first kappa shape index (κ1) is 20.7. The summed E-state index contributed by atoms with van der Waals surface area (Å²) in [6, 6.07) is 17.5. The van der Waals surface area contributed by atoms with Gasteiger partial charge in [0.1, 0.15) is 10.8 Å². The molecule has 0 unspecified atom stereocenters. The molecule has 150 valence electrons. The van der Waals surface area contributed by atoms with Crippen molar-refractivity contribution < 1.29 is 18.7 Å². The average molecular weight is 411 g/mol. The molecule has 29 heavy (non-hydrogen) atoms. The van der Waals surface area contributed by atoms with Gasteiger partial charge in [-0.15, -0.1) is 11.3 Å². The maximum atomic E-state index is 13.1. The van der Waals surface area contributed by atoms with E-state index in [1.54, 1.807) is 25.1 Å². The fraction of sp³-hybridized carbons (Fsp3) is 0.217. The number of benzene rings is 2. The number of carbonyl (C=O) groups is 2. The van der Waals surface area contributed by atoms with Crippen LogP contribution in [0.3, 0.4) is 0 Å². The van der Waals surface area contributed by atoms with Crippen LogP contribution in [0.25, 0.3) is 0 Å². The van der Waals surface area contributed by atoms with Crippen LogP contribution in [0.5, 0.6) is 0 Å². The second-order valence-corrected chi connectivity index (χ2v) is 7.68. The van der Waals surface area contributed by atoms with E-state index < -0.39 is 5.97 Å². The van der Waals surface area contributed by atoms with Crippen LogP contribution in [0.4, 0.5) is 9.39 Å². The first-order valence-corrected chi connectivity index (χ1v) is 10.2. The highest BCUT2D eigenvalue weighted by Crippen LogP contribution is 2.36. The summed E-state index contributed by atoms with van der Waals surface area (Å²) in [6.45, 7) is 4.05. The molecule has 0 spiro atoms. The lowest BCUT2D eigenvalue weighted by Gasteiger charge is -2.09. The Balaban J connectivity index is 1.83. The molecule has 0 aliphatic carbocycles. The van der Waals surface area contributed by atoms with Gasteiger partial charge >= 0.3 is 5.97 Å². The van der Waals surface area contributed by atoms with Crippen molar-refractivity contribution in [2.75, 3.05) is 11.9 Å². The quantitative estimate of drug-likeness (QED) is 0.530.